The van der Waals surface area contributed by atoms with E-state index in [1.54, 1.807) is 6.07 Å². The largest absolute Gasteiger partial charge is 0.465 e. The van der Waals surface area contributed by atoms with Gasteiger partial charge in [-0.1, -0.05) is 74.5 Å². The second-order valence-electron chi connectivity index (χ2n) is 12.6. The van der Waals surface area contributed by atoms with Gasteiger partial charge in [-0.25, -0.2) is 9.59 Å². The molecule has 4 N–H and O–H groups in total. The van der Waals surface area contributed by atoms with Gasteiger partial charge in [0.05, 0.1) is 0 Å². The molecule has 1 aromatic heterocycles. The number of carbonyl (C=O) groups is 3. The van der Waals surface area contributed by atoms with Gasteiger partial charge in [-0.05, 0) is 58.7 Å². The molecule has 2 heterocycles. The number of nitrogens with two attached hydrogens (primary N) is 1. The topological polar surface area (TPSA) is 139 Å². The van der Waals surface area contributed by atoms with Crippen molar-refractivity contribution in [2.75, 3.05) is 13.1 Å². The van der Waals surface area contributed by atoms with Gasteiger partial charge in [0.15, 0.2) is 5.84 Å². The highest BCUT2D eigenvalue weighted by molar-refractivity contribution is 6.03. The molecule has 2 unspecified atom stereocenters. The molecule has 3 aromatic carbocycles. The Labute approximate surface area is 256 Å². The van der Waals surface area contributed by atoms with E-state index in [2.05, 4.69) is 61.6 Å². The van der Waals surface area contributed by atoms with Crippen LogP contribution in [-0.2, 0) is 16.2 Å². The molecule has 44 heavy (non-hydrogen) atoms. The summed E-state index contributed by atoms with van der Waals surface area (Å²) < 4.78 is 1.96. The third-order valence-corrected chi connectivity index (χ3v) is 8.37. The number of aromatic nitrogens is 1. The number of hydrogen-bond acceptors (Lipinski definition) is 5. The van der Waals surface area contributed by atoms with Gasteiger partial charge in [0.2, 0.25) is 0 Å². The van der Waals surface area contributed by atoms with Crippen LogP contribution in [0.4, 0.5) is 4.79 Å². The molecule has 0 radical (unpaired) electrons. The predicted molar refractivity (Wildman–Crippen MR) is 171 cm³/mol. The summed E-state index contributed by atoms with van der Waals surface area (Å²) in [6.07, 6.45) is 0.466. The quantitative estimate of drug-likeness (QED) is 0.110. The average Bonchev–Trinajstić information content (AvgIpc) is 3.35. The second-order valence-corrected chi connectivity index (χ2v) is 12.6. The molecule has 2 atom stereocenters. The molecule has 1 fully saturated rings. The van der Waals surface area contributed by atoms with Crippen LogP contribution in [0.5, 0.6) is 0 Å². The molecular weight excluding hydrogens is 558 g/mol. The Morgan fingerprint density at radius 2 is 1.75 bits per heavy atom. The number of nitrogens with zero attached hydrogens (tertiary/aromatic N) is 3. The molecule has 0 aliphatic carbocycles. The van der Waals surface area contributed by atoms with Crippen LogP contribution in [0.15, 0.2) is 71.9 Å². The highest BCUT2D eigenvalue weighted by Gasteiger charge is 2.38. The van der Waals surface area contributed by atoms with Crippen LogP contribution in [-0.4, -0.2) is 57.5 Å². The monoisotopic (exact) mass is 597 g/mol. The maximum absolute atomic E-state index is 13.8. The Hall–Kier alpha value is -4.86. The molecule has 230 valence electrons. The summed E-state index contributed by atoms with van der Waals surface area (Å²) in [6, 6.07) is 21.6. The van der Waals surface area contributed by atoms with Crippen LogP contribution in [0, 0.1) is 11.3 Å². The fourth-order valence-corrected chi connectivity index (χ4v) is 6.06. The lowest BCUT2D eigenvalue weighted by Gasteiger charge is -2.44. The van der Waals surface area contributed by atoms with Crippen molar-refractivity contribution in [3.05, 3.63) is 83.6 Å². The third-order valence-electron chi connectivity index (χ3n) is 8.37. The first kappa shape index (κ1) is 30.6. The lowest BCUT2D eigenvalue weighted by atomic mass is 9.77. The summed E-state index contributed by atoms with van der Waals surface area (Å²) >= 11 is 0. The Morgan fingerprint density at radius 1 is 1.02 bits per heavy atom. The smallest absolute Gasteiger partial charge is 0.407 e. The van der Waals surface area contributed by atoms with Crippen molar-refractivity contribution >= 4 is 45.5 Å². The maximum Gasteiger partial charge on any atom is 0.407 e. The van der Waals surface area contributed by atoms with E-state index in [0.29, 0.717) is 43.7 Å². The number of amidine groups is 1. The normalized spacial score (nSPS) is 17.5. The zero-order chi connectivity index (χ0) is 31.6. The molecule has 1 aliphatic heterocycles. The number of piperidine rings is 1. The first-order valence-corrected chi connectivity index (χ1v) is 14.8. The van der Waals surface area contributed by atoms with E-state index in [9.17, 15) is 19.5 Å². The van der Waals surface area contributed by atoms with E-state index in [1.165, 1.54) is 11.8 Å². The van der Waals surface area contributed by atoms with E-state index in [1.807, 2.05) is 34.9 Å². The summed E-state index contributed by atoms with van der Waals surface area (Å²) in [5.74, 6) is -0.582. The summed E-state index contributed by atoms with van der Waals surface area (Å²) in [4.78, 5) is 43.2. The van der Waals surface area contributed by atoms with Gasteiger partial charge in [0.25, 0.3) is 5.91 Å². The molecule has 10 nitrogen and oxygen atoms in total. The number of rotatable bonds is 7. The minimum Gasteiger partial charge on any atom is -0.465 e. The van der Waals surface area contributed by atoms with Crippen molar-refractivity contribution in [3.8, 4) is 0 Å². The van der Waals surface area contributed by atoms with Crippen LogP contribution in [0.25, 0.3) is 21.7 Å². The molecule has 5 rings (SSSR count). The first-order chi connectivity index (χ1) is 20.9. The molecule has 2 amide bonds. The van der Waals surface area contributed by atoms with Gasteiger partial charge in [-0.15, -0.1) is 0 Å². The number of amides is 2. The number of benzene rings is 3. The van der Waals surface area contributed by atoms with Crippen molar-refractivity contribution in [2.45, 2.75) is 53.1 Å². The first-order valence-electron chi connectivity index (χ1n) is 14.8. The standard InChI is InChI=1S/C34H39N5O5/c1-21(40)44-37-31(35)27-12-11-26-17-29(32(41)36-19-22-13-14-38(33(42)43)30(16-22)34(2,3)4)39(28(26)18-27)20-23-9-10-24-7-5-6-8-25(24)15-23/h5-12,15,17-18,22,30H,13-14,16,19-20H2,1-4H3,(H2,35,37)(H,36,41)(H,42,43). The molecule has 0 saturated carbocycles. The van der Waals surface area contributed by atoms with Crippen molar-refractivity contribution in [1.29, 1.82) is 0 Å². The van der Waals surface area contributed by atoms with Gasteiger partial charge in [0.1, 0.15) is 5.69 Å². The minimum atomic E-state index is -0.900. The molecule has 10 heteroatoms. The molecule has 4 aromatic rings. The number of hydrogen-bond donors (Lipinski definition) is 3. The van der Waals surface area contributed by atoms with Crippen LogP contribution in [0.1, 0.15) is 62.2 Å². The number of oxime groups is 1. The zero-order valence-corrected chi connectivity index (χ0v) is 25.5. The third kappa shape index (κ3) is 6.69. The van der Waals surface area contributed by atoms with E-state index >= 15 is 0 Å². The Bertz CT molecular complexity index is 1750. The lowest BCUT2D eigenvalue weighted by molar-refractivity contribution is -0.140. The highest BCUT2D eigenvalue weighted by atomic mass is 16.7. The van der Waals surface area contributed by atoms with Gasteiger partial charge in [-0.3, -0.25) is 4.79 Å². The van der Waals surface area contributed by atoms with E-state index in [-0.39, 0.29) is 29.1 Å². The molecule has 0 spiro atoms. The van der Waals surface area contributed by atoms with Crippen LogP contribution >= 0.6 is 0 Å². The van der Waals surface area contributed by atoms with Crippen molar-refractivity contribution in [1.82, 2.24) is 14.8 Å². The summed E-state index contributed by atoms with van der Waals surface area (Å²) in [5, 5.41) is 19.7. The fourth-order valence-electron chi connectivity index (χ4n) is 6.06. The number of fused-ring (bicyclic) bond motifs is 2. The SMILES string of the molecule is CC(=O)ON=C(N)c1ccc2cc(C(=O)NCC3CCN(C(=O)O)C(C(C)(C)C)C3)n(Cc3ccc4ccccc4c3)c2c1. The minimum absolute atomic E-state index is 0.0488. The number of likely N-dealkylation sites (tertiary alicyclic amines) is 1. The number of carbonyl (C=O) groups excluding carboxylic acids is 2. The second kappa shape index (κ2) is 12.4. The van der Waals surface area contributed by atoms with E-state index in [4.69, 9.17) is 10.6 Å². The lowest BCUT2D eigenvalue weighted by Crippen LogP contribution is -2.52. The van der Waals surface area contributed by atoms with Gasteiger partial charge < -0.3 is 30.5 Å². The number of nitrogens with one attached hydrogen (secondary N) is 1. The molecular formula is C34H39N5O5. The fraction of sp³-hybridized carbons (Fsp3) is 0.353. The molecule has 1 saturated heterocycles. The van der Waals surface area contributed by atoms with Crippen LogP contribution in [0.3, 0.4) is 0 Å². The summed E-state index contributed by atoms with van der Waals surface area (Å²) in [6.45, 7) is 8.74. The van der Waals surface area contributed by atoms with Gasteiger partial charge in [-0.2, -0.15) is 0 Å². The van der Waals surface area contributed by atoms with Crippen LogP contribution < -0.4 is 11.1 Å². The van der Waals surface area contributed by atoms with Gasteiger partial charge >= 0.3 is 12.1 Å². The number of carboxylic acid groups (broad SMARTS) is 1. The maximum atomic E-state index is 13.8. The highest BCUT2D eigenvalue weighted by Crippen LogP contribution is 2.34. The Kier molecular flexibility index (Phi) is 8.62. The van der Waals surface area contributed by atoms with E-state index in [0.717, 1.165) is 27.2 Å². The molecule has 1 aliphatic rings. The summed E-state index contributed by atoms with van der Waals surface area (Å²) in [7, 11) is 0. The van der Waals surface area contributed by atoms with Gasteiger partial charge in [0, 0.05) is 49.1 Å². The Balaban J connectivity index is 1.45. The summed E-state index contributed by atoms with van der Waals surface area (Å²) in [5.41, 5.74) is 8.75. The van der Waals surface area contributed by atoms with Crippen LogP contribution in [0.2, 0.25) is 0 Å². The van der Waals surface area contributed by atoms with Crippen molar-refractivity contribution in [3.63, 3.8) is 0 Å². The molecule has 0 bridgehead atoms. The average molecular weight is 598 g/mol. The van der Waals surface area contributed by atoms with E-state index < -0.39 is 12.1 Å². The zero-order valence-electron chi connectivity index (χ0n) is 25.5. The predicted octanol–water partition coefficient (Wildman–Crippen LogP) is 5.56. The van der Waals surface area contributed by atoms with Crippen molar-refractivity contribution in [2.24, 2.45) is 22.2 Å². The van der Waals surface area contributed by atoms with Crippen molar-refractivity contribution < 1.29 is 24.3 Å². The Morgan fingerprint density at radius 3 is 2.45 bits per heavy atom.